The van der Waals surface area contributed by atoms with Gasteiger partial charge in [0.1, 0.15) is 0 Å². The summed E-state index contributed by atoms with van der Waals surface area (Å²) in [5.74, 6) is 0. The van der Waals surface area contributed by atoms with E-state index in [-0.39, 0.29) is 11.5 Å². The summed E-state index contributed by atoms with van der Waals surface area (Å²) in [7, 11) is 0. The van der Waals surface area contributed by atoms with E-state index in [4.69, 9.17) is 5.73 Å². The lowest BCUT2D eigenvalue weighted by atomic mass is 9.87. The Bertz CT molecular complexity index is 293. The molecule has 1 heteroatoms. The molecule has 0 amide bonds. The molecule has 2 N–H and O–H groups in total. The van der Waals surface area contributed by atoms with Crippen LogP contribution in [0.4, 0.5) is 0 Å². The van der Waals surface area contributed by atoms with Crippen LogP contribution >= 0.6 is 0 Å². The summed E-state index contributed by atoms with van der Waals surface area (Å²) in [5, 5.41) is 0. The average molecular weight is 189 g/mol. The summed E-state index contributed by atoms with van der Waals surface area (Å²) in [5.41, 5.74) is 7.34. The summed E-state index contributed by atoms with van der Waals surface area (Å²) < 4.78 is 0. The Balaban J connectivity index is 2.66. The standard InChI is InChI=1S/C13H19N/c1-13(2,3)12(14)10-9-11-7-5-4-6-8-11/h4-10,12H,14H2,1-3H3/b10-9+/t12-/m0/s1. The maximum absolute atomic E-state index is 6.01. The summed E-state index contributed by atoms with van der Waals surface area (Å²) in [6.07, 6.45) is 4.14. The van der Waals surface area contributed by atoms with Crippen LogP contribution in [0.5, 0.6) is 0 Å². The van der Waals surface area contributed by atoms with Gasteiger partial charge < -0.3 is 5.73 Å². The van der Waals surface area contributed by atoms with Crippen molar-refractivity contribution < 1.29 is 0 Å². The van der Waals surface area contributed by atoms with Crippen molar-refractivity contribution >= 4 is 6.08 Å². The van der Waals surface area contributed by atoms with Gasteiger partial charge in [-0.05, 0) is 11.0 Å². The molecule has 1 aromatic carbocycles. The number of benzene rings is 1. The van der Waals surface area contributed by atoms with Crippen LogP contribution in [0.3, 0.4) is 0 Å². The Morgan fingerprint density at radius 3 is 2.21 bits per heavy atom. The first-order valence-corrected chi connectivity index (χ1v) is 4.99. The number of hydrogen-bond acceptors (Lipinski definition) is 1. The number of rotatable bonds is 2. The third-order valence-corrected chi connectivity index (χ3v) is 2.30. The second-order valence-corrected chi connectivity index (χ2v) is 4.66. The molecule has 1 nitrogen and oxygen atoms in total. The Morgan fingerprint density at radius 1 is 1.14 bits per heavy atom. The first kappa shape index (κ1) is 11.0. The second-order valence-electron chi connectivity index (χ2n) is 4.66. The van der Waals surface area contributed by atoms with Crippen molar-refractivity contribution in [1.29, 1.82) is 0 Å². The minimum Gasteiger partial charge on any atom is -0.324 e. The first-order valence-electron chi connectivity index (χ1n) is 4.99. The van der Waals surface area contributed by atoms with Crippen LogP contribution in [-0.4, -0.2) is 6.04 Å². The van der Waals surface area contributed by atoms with E-state index in [9.17, 15) is 0 Å². The molecule has 1 aromatic rings. The summed E-state index contributed by atoms with van der Waals surface area (Å²) >= 11 is 0. The Morgan fingerprint density at radius 2 is 1.71 bits per heavy atom. The molecule has 1 atom stereocenters. The van der Waals surface area contributed by atoms with Gasteiger partial charge in [-0.3, -0.25) is 0 Å². The minimum absolute atomic E-state index is 0.0997. The van der Waals surface area contributed by atoms with Gasteiger partial charge in [0, 0.05) is 6.04 Å². The lowest BCUT2D eigenvalue weighted by Crippen LogP contribution is -2.32. The highest BCUT2D eigenvalue weighted by Crippen LogP contribution is 2.18. The highest BCUT2D eigenvalue weighted by molar-refractivity contribution is 5.49. The van der Waals surface area contributed by atoms with Crippen molar-refractivity contribution in [3.8, 4) is 0 Å². The van der Waals surface area contributed by atoms with Gasteiger partial charge in [-0.2, -0.15) is 0 Å². The van der Waals surface area contributed by atoms with Crippen LogP contribution in [0.15, 0.2) is 36.4 Å². The molecule has 0 spiro atoms. The van der Waals surface area contributed by atoms with Gasteiger partial charge in [-0.15, -0.1) is 0 Å². The van der Waals surface area contributed by atoms with Crippen LogP contribution in [-0.2, 0) is 0 Å². The predicted molar refractivity (Wildman–Crippen MR) is 62.9 cm³/mol. The fraction of sp³-hybridized carbons (Fsp3) is 0.385. The molecule has 0 aliphatic carbocycles. The average Bonchev–Trinajstić information content (AvgIpc) is 2.14. The Labute approximate surface area is 86.6 Å². The molecular formula is C13H19N. The number of hydrogen-bond donors (Lipinski definition) is 1. The zero-order valence-corrected chi connectivity index (χ0v) is 9.20. The topological polar surface area (TPSA) is 26.0 Å². The molecule has 0 aliphatic rings. The molecule has 0 heterocycles. The van der Waals surface area contributed by atoms with E-state index in [0.717, 1.165) is 0 Å². The lowest BCUT2D eigenvalue weighted by Gasteiger charge is -2.23. The van der Waals surface area contributed by atoms with Gasteiger partial charge in [0.2, 0.25) is 0 Å². The number of nitrogens with two attached hydrogens (primary N) is 1. The van der Waals surface area contributed by atoms with E-state index >= 15 is 0 Å². The van der Waals surface area contributed by atoms with E-state index in [1.807, 2.05) is 18.2 Å². The smallest absolute Gasteiger partial charge is 0.0276 e. The van der Waals surface area contributed by atoms with E-state index < -0.39 is 0 Å². The molecule has 0 saturated heterocycles. The molecule has 0 unspecified atom stereocenters. The molecule has 1 rings (SSSR count). The van der Waals surface area contributed by atoms with Gasteiger partial charge in [-0.1, -0.05) is 63.3 Å². The van der Waals surface area contributed by atoms with Crippen LogP contribution in [0.1, 0.15) is 26.3 Å². The highest BCUT2D eigenvalue weighted by Gasteiger charge is 2.17. The molecule has 0 bridgehead atoms. The highest BCUT2D eigenvalue weighted by atomic mass is 14.7. The van der Waals surface area contributed by atoms with Gasteiger partial charge in [0.25, 0.3) is 0 Å². The van der Waals surface area contributed by atoms with E-state index in [2.05, 4.69) is 45.1 Å². The zero-order valence-electron chi connectivity index (χ0n) is 9.20. The molecular weight excluding hydrogens is 170 g/mol. The van der Waals surface area contributed by atoms with Gasteiger partial charge in [-0.25, -0.2) is 0 Å². The second kappa shape index (κ2) is 4.43. The van der Waals surface area contributed by atoms with E-state index in [0.29, 0.717) is 0 Å². The maximum Gasteiger partial charge on any atom is 0.0276 e. The zero-order chi connectivity index (χ0) is 10.6. The van der Waals surface area contributed by atoms with E-state index in [1.54, 1.807) is 0 Å². The third-order valence-electron chi connectivity index (χ3n) is 2.30. The fourth-order valence-electron chi connectivity index (χ4n) is 1.07. The summed E-state index contributed by atoms with van der Waals surface area (Å²) in [4.78, 5) is 0. The predicted octanol–water partition coefficient (Wildman–Crippen LogP) is 3.07. The van der Waals surface area contributed by atoms with Gasteiger partial charge >= 0.3 is 0 Å². The van der Waals surface area contributed by atoms with Gasteiger partial charge in [0.05, 0.1) is 0 Å². The SMILES string of the molecule is CC(C)(C)[C@@H](N)/C=C/c1ccccc1. The van der Waals surface area contributed by atoms with Crippen molar-refractivity contribution in [2.45, 2.75) is 26.8 Å². The molecule has 0 fully saturated rings. The monoisotopic (exact) mass is 189 g/mol. The molecule has 0 saturated carbocycles. The van der Waals surface area contributed by atoms with Crippen molar-refractivity contribution in [1.82, 2.24) is 0 Å². The fourth-order valence-corrected chi connectivity index (χ4v) is 1.07. The largest absolute Gasteiger partial charge is 0.324 e. The molecule has 0 radical (unpaired) electrons. The van der Waals surface area contributed by atoms with E-state index in [1.165, 1.54) is 5.56 Å². The lowest BCUT2D eigenvalue weighted by molar-refractivity contribution is 0.367. The van der Waals surface area contributed by atoms with Crippen molar-refractivity contribution in [3.05, 3.63) is 42.0 Å². The normalized spacial score (nSPS) is 14.6. The molecule has 76 valence electrons. The third kappa shape index (κ3) is 3.35. The Hall–Kier alpha value is -1.08. The summed E-state index contributed by atoms with van der Waals surface area (Å²) in [6.45, 7) is 6.44. The van der Waals surface area contributed by atoms with Crippen molar-refractivity contribution in [2.24, 2.45) is 11.1 Å². The van der Waals surface area contributed by atoms with Crippen LogP contribution in [0.25, 0.3) is 6.08 Å². The van der Waals surface area contributed by atoms with Crippen LogP contribution in [0, 0.1) is 5.41 Å². The van der Waals surface area contributed by atoms with Crippen molar-refractivity contribution in [3.63, 3.8) is 0 Å². The maximum atomic E-state index is 6.01. The first-order chi connectivity index (χ1) is 6.50. The molecule has 0 aliphatic heterocycles. The van der Waals surface area contributed by atoms with Crippen LogP contribution in [0.2, 0.25) is 0 Å². The minimum atomic E-state index is 0.0997. The van der Waals surface area contributed by atoms with Crippen molar-refractivity contribution in [2.75, 3.05) is 0 Å². The Kier molecular flexibility index (Phi) is 3.48. The van der Waals surface area contributed by atoms with Gasteiger partial charge in [0.15, 0.2) is 0 Å². The van der Waals surface area contributed by atoms with Crippen LogP contribution < -0.4 is 5.73 Å². The molecule has 14 heavy (non-hydrogen) atoms. The molecule has 0 aromatic heterocycles. The summed E-state index contributed by atoms with van der Waals surface area (Å²) in [6, 6.07) is 10.3. The quantitative estimate of drug-likeness (QED) is 0.760.